The van der Waals surface area contributed by atoms with Crippen LogP contribution in [-0.2, 0) is 11.3 Å². The summed E-state index contributed by atoms with van der Waals surface area (Å²) in [6, 6.07) is 5.60. The lowest BCUT2D eigenvalue weighted by atomic mass is 10.3. The molecule has 0 saturated carbocycles. The van der Waals surface area contributed by atoms with Gasteiger partial charge in [-0.25, -0.2) is 9.37 Å². The third-order valence-corrected chi connectivity index (χ3v) is 4.28. The molecule has 2 aromatic rings. The second-order valence-corrected chi connectivity index (χ2v) is 6.14. The maximum absolute atomic E-state index is 12.9. The first-order chi connectivity index (χ1) is 12.5. The smallest absolute Gasteiger partial charge is 0.319 e. The van der Waals surface area contributed by atoms with Gasteiger partial charge in [0.05, 0.1) is 13.1 Å². The van der Waals surface area contributed by atoms with Crippen molar-refractivity contribution < 1.29 is 18.0 Å². The zero-order valence-corrected chi connectivity index (χ0v) is 14.1. The van der Waals surface area contributed by atoms with Gasteiger partial charge in [0.1, 0.15) is 11.6 Å². The van der Waals surface area contributed by atoms with E-state index in [4.69, 9.17) is 0 Å². The quantitative estimate of drug-likeness (QED) is 0.850. The lowest BCUT2D eigenvalue weighted by Gasteiger charge is -2.34. The SMILES string of the molecule is O=C(CN1CCN(Cc2nccn2C(F)F)CC1)Nc1ccc(F)cc1. The highest BCUT2D eigenvalue weighted by Crippen LogP contribution is 2.15. The number of nitrogens with zero attached hydrogens (tertiary/aromatic N) is 4. The first kappa shape index (κ1) is 18.4. The fraction of sp³-hybridized carbons (Fsp3) is 0.412. The van der Waals surface area contributed by atoms with Crippen LogP contribution in [0, 0.1) is 5.82 Å². The fourth-order valence-electron chi connectivity index (χ4n) is 2.89. The molecule has 1 saturated heterocycles. The number of amides is 1. The highest BCUT2D eigenvalue weighted by Gasteiger charge is 2.21. The molecule has 26 heavy (non-hydrogen) atoms. The molecule has 140 valence electrons. The molecule has 0 aliphatic carbocycles. The molecule has 0 atom stereocenters. The largest absolute Gasteiger partial charge is 0.325 e. The number of nitrogens with one attached hydrogen (secondary N) is 1. The molecular weight excluding hydrogens is 347 g/mol. The van der Waals surface area contributed by atoms with Crippen molar-refractivity contribution in [2.45, 2.75) is 13.1 Å². The Morgan fingerprint density at radius 3 is 2.42 bits per heavy atom. The van der Waals surface area contributed by atoms with Gasteiger partial charge in [-0.1, -0.05) is 0 Å². The van der Waals surface area contributed by atoms with Crippen molar-refractivity contribution in [3.63, 3.8) is 0 Å². The number of halogens is 3. The second-order valence-electron chi connectivity index (χ2n) is 6.14. The number of hydrogen-bond donors (Lipinski definition) is 1. The van der Waals surface area contributed by atoms with Gasteiger partial charge >= 0.3 is 6.55 Å². The van der Waals surface area contributed by atoms with Crippen molar-refractivity contribution in [3.05, 3.63) is 48.3 Å². The molecule has 1 aromatic heterocycles. The van der Waals surface area contributed by atoms with Gasteiger partial charge in [0.25, 0.3) is 0 Å². The van der Waals surface area contributed by atoms with Crippen molar-refractivity contribution in [2.24, 2.45) is 0 Å². The fourth-order valence-corrected chi connectivity index (χ4v) is 2.89. The summed E-state index contributed by atoms with van der Waals surface area (Å²) in [5.41, 5.74) is 0.550. The van der Waals surface area contributed by atoms with Crippen molar-refractivity contribution in [2.75, 3.05) is 38.0 Å². The predicted octanol–water partition coefficient (Wildman–Crippen LogP) is 2.17. The van der Waals surface area contributed by atoms with Crippen molar-refractivity contribution in [1.82, 2.24) is 19.4 Å². The van der Waals surface area contributed by atoms with E-state index in [1.165, 1.54) is 36.7 Å². The van der Waals surface area contributed by atoms with Crippen LogP contribution < -0.4 is 5.32 Å². The lowest BCUT2D eigenvalue weighted by molar-refractivity contribution is -0.117. The molecule has 6 nitrogen and oxygen atoms in total. The van der Waals surface area contributed by atoms with E-state index in [9.17, 15) is 18.0 Å². The minimum atomic E-state index is -2.59. The number of hydrogen-bond acceptors (Lipinski definition) is 4. The van der Waals surface area contributed by atoms with E-state index in [0.29, 0.717) is 44.2 Å². The lowest BCUT2D eigenvalue weighted by Crippen LogP contribution is -2.48. The normalized spacial score (nSPS) is 16.2. The minimum absolute atomic E-state index is 0.168. The number of alkyl halides is 2. The molecule has 1 aliphatic rings. The Bertz CT molecular complexity index is 726. The molecule has 1 amide bonds. The van der Waals surface area contributed by atoms with Crippen molar-refractivity contribution in [1.29, 1.82) is 0 Å². The molecule has 9 heteroatoms. The number of carbonyl (C=O) groups is 1. The predicted molar refractivity (Wildman–Crippen MR) is 90.2 cm³/mol. The Balaban J connectivity index is 1.44. The van der Waals surface area contributed by atoms with Crippen LogP contribution >= 0.6 is 0 Å². The maximum atomic E-state index is 12.9. The highest BCUT2D eigenvalue weighted by atomic mass is 19.3. The Morgan fingerprint density at radius 2 is 1.77 bits per heavy atom. The van der Waals surface area contributed by atoms with Crippen LogP contribution in [0.15, 0.2) is 36.7 Å². The first-order valence-electron chi connectivity index (χ1n) is 8.31. The number of anilines is 1. The molecule has 1 N–H and O–H groups in total. The number of piperazine rings is 1. The number of imidazole rings is 1. The van der Waals surface area contributed by atoms with E-state index >= 15 is 0 Å². The van der Waals surface area contributed by atoms with Gasteiger partial charge in [0, 0.05) is 44.3 Å². The standard InChI is InChI=1S/C17H20F3N5O/c18-13-1-3-14(4-2-13)22-16(26)12-24-9-7-23(8-10-24)11-15-21-5-6-25(15)17(19)20/h1-6,17H,7-12H2,(H,22,26). The molecular formula is C17H20F3N5O. The molecule has 1 aromatic carbocycles. The van der Waals surface area contributed by atoms with Crippen LogP contribution in [0.25, 0.3) is 0 Å². The van der Waals surface area contributed by atoms with Gasteiger partial charge in [0.2, 0.25) is 5.91 Å². The third-order valence-electron chi connectivity index (χ3n) is 4.28. The number of carbonyl (C=O) groups excluding carboxylic acids is 1. The topological polar surface area (TPSA) is 53.4 Å². The minimum Gasteiger partial charge on any atom is -0.325 e. The van der Waals surface area contributed by atoms with Gasteiger partial charge < -0.3 is 5.32 Å². The molecule has 1 fully saturated rings. The molecule has 1 aliphatic heterocycles. The zero-order chi connectivity index (χ0) is 18.5. The number of benzene rings is 1. The van der Waals surface area contributed by atoms with Crippen LogP contribution in [0.2, 0.25) is 0 Å². The van der Waals surface area contributed by atoms with Crippen molar-refractivity contribution in [3.8, 4) is 0 Å². The monoisotopic (exact) mass is 367 g/mol. The zero-order valence-electron chi connectivity index (χ0n) is 14.1. The van der Waals surface area contributed by atoms with Crippen molar-refractivity contribution >= 4 is 11.6 Å². The van der Waals surface area contributed by atoms with E-state index in [1.54, 1.807) is 0 Å². The summed E-state index contributed by atoms with van der Waals surface area (Å²) in [7, 11) is 0. The van der Waals surface area contributed by atoms with Crippen LogP contribution in [0.3, 0.4) is 0 Å². The number of rotatable bonds is 6. The molecule has 0 radical (unpaired) electrons. The van der Waals surface area contributed by atoms with E-state index in [-0.39, 0.29) is 18.3 Å². The van der Waals surface area contributed by atoms with Gasteiger partial charge in [0.15, 0.2) is 0 Å². The van der Waals surface area contributed by atoms with Gasteiger partial charge in [-0.3, -0.25) is 19.2 Å². The Labute approximate surface area is 149 Å². The summed E-state index contributed by atoms with van der Waals surface area (Å²) in [6.45, 7) is 0.645. The van der Waals surface area contributed by atoms with E-state index < -0.39 is 6.55 Å². The van der Waals surface area contributed by atoms with E-state index in [2.05, 4.69) is 10.3 Å². The highest BCUT2D eigenvalue weighted by molar-refractivity contribution is 5.92. The second kappa shape index (κ2) is 8.33. The van der Waals surface area contributed by atoms with E-state index in [0.717, 1.165) is 4.57 Å². The summed E-state index contributed by atoms with van der Waals surface area (Å²) >= 11 is 0. The summed E-state index contributed by atoms with van der Waals surface area (Å²) in [5.74, 6) is -0.188. The average Bonchev–Trinajstić information content (AvgIpc) is 3.07. The van der Waals surface area contributed by atoms with Gasteiger partial charge in [-0.05, 0) is 24.3 Å². The summed E-state index contributed by atoms with van der Waals surface area (Å²) < 4.78 is 39.4. The third kappa shape index (κ3) is 4.83. The summed E-state index contributed by atoms with van der Waals surface area (Å²) in [4.78, 5) is 20.1. The Morgan fingerprint density at radius 1 is 1.12 bits per heavy atom. The Kier molecular flexibility index (Phi) is 5.89. The van der Waals surface area contributed by atoms with Crippen LogP contribution in [-0.4, -0.2) is 58.0 Å². The Hall–Kier alpha value is -2.39. The first-order valence-corrected chi connectivity index (χ1v) is 8.31. The molecule has 3 rings (SSSR count). The van der Waals surface area contributed by atoms with Gasteiger partial charge in [-0.15, -0.1) is 0 Å². The summed E-state index contributed by atoms with van der Waals surface area (Å²) in [6.07, 6.45) is 2.65. The molecule has 0 bridgehead atoms. The van der Waals surface area contributed by atoms with Crippen LogP contribution in [0.1, 0.15) is 12.4 Å². The molecule has 0 unspecified atom stereocenters. The van der Waals surface area contributed by atoms with Crippen LogP contribution in [0.5, 0.6) is 0 Å². The van der Waals surface area contributed by atoms with E-state index in [1.807, 2.05) is 9.80 Å². The van der Waals surface area contributed by atoms with Crippen LogP contribution in [0.4, 0.5) is 18.9 Å². The number of aromatic nitrogens is 2. The summed E-state index contributed by atoms with van der Waals surface area (Å²) in [5, 5.41) is 2.73. The molecule has 0 spiro atoms. The maximum Gasteiger partial charge on any atom is 0.319 e. The molecule has 2 heterocycles. The average molecular weight is 367 g/mol. The van der Waals surface area contributed by atoms with Gasteiger partial charge in [-0.2, -0.15) is 8.78 Å².